The zero-order valence-corrected chi connectivity index (χ0v) is 8.28. The topological polar surface area (TPSA) is 69.9 Å². The molecule has 0 aromatic heterocycles. The van der Waals surface area contributed by atoms with Crippen molar-refractivity contribution in [3.05, 3.63) is 0 Å². The first-order chi connectivity index (χ1) is 6.69. The van der Waals surface area contributed by atoms with Gasteiger partial charge in [-0.3, -0.25) is 0 Å². The van der Waals surface area contributed by atoms with Gasteiger partial charge in [-0.25, -0.2) is 0 Å². The molecule has 1 aliphatic heterocycles. The number of hydrogen-bond acceptors (Lipinski definition) is 4. The molecule has 2 bridgehead atoms. The van der Waals surface area contributed by atoms with Crippen molar-refractivity contribution < 1.29 is 20.1 Å². The second-order valence-electron chi connectivity index (χ2n) is 4.79. The molecule has 1 unspecified atom stereocenters. The van der Waals surface area contributed by atoms with E-state index < -0.39 is 16.9 Å². The number of aliphatic hydroxyl groups is 3. The molecule has 0 amide bonds. The van der Waals surface area contributed by atoms with Crippen LogP contribution in [0.4, 0.5) is 0 Å². The predicted octanol–water partition coefficient (Wildman–Crippen LogP) is -0.481. The largest absolute Gasteiger partial charge is 0.396 e. The summed E-state index contributed by atoms with van der Waals surface area (Å²) in [6, 6.07) is 0. The van der Waals surface area contributed by atoms with Crippen molar-refractivity contribution >= 4 is 0 Å². The molecule has 2 rings (SSSR count). The Labute approximate surface area is 83.5 Å². The Kier molecular flexibility index (Phi) is 2.55. The van der Waals surface area contributed by atoms with Crippen LogP contribution in [0.25, 0.3) is 0 Å². The minimum absolute atomic E-state index is 0.0596. The average Bonchev–Trinajstić information content (AvgIpc) is 2.19. The predicted molar refractivity (Wildman–Crippen MR) is 49.7 cm³/mol. The van der Waals surface area contributed by atoms with E-state index in [1.54, 1.807) is 0 Å². The van der Waals surface area contributed by atoms with Crippen LogP contribution in [-0.4, -0.2) is 47.9 Å². The molecular formula is C10H18O4. The van der Waals surface area contributed by atoms with Crippen molar-refractivity contribution in [3.63, 3.8) is 0 Å². The van der Waals surface area contributed by atoms with Crippen LogP contribution >= 0.6 is 0 Å². The van der Waals surface area contributed by atoms with Crippen molar-refractivity contribution in [1.82, 2.24) is 0 Å². The van der Waals surface area contributed by atoms with E-state index >= 15 is 0 Å². The van der Waals surface area contributed by atoms with E-state index in [9.17, 15) is 15.3 Å². The van der Waals surface area contributed by atoms with E-state index in [0.29, 0.717) is 13.2 Å². The minimum Gasteiger partial charge on any atom is -0.396 e. The van der Waals surface area contributed by atoms with Gasteiger partial charge in [-0.1, -0.05) is 6.42 Å². The fourth-order valence-corrected chi connectivity index (χ4v) is 2.90. The number of fused-ring (bicyclic) bond motifs is 2. The average molecular weight is 202 g/mol. The molecule has 4 nitrogen and oxygen atoms in total. The van der Waals surface area contributed by atoms with Gasteiger partial charge in [0, 0.05) is 10.8 Å². The van der Waals surface area contributed by atoms with Crippen molar-refractivity contribution in [2.75, 3.05) is 26.4 Å². The highest BCUT2D eigenvalue weighted by atomic mass is 16.5. The highest BCUT2D eigenvalue weighted by molar-refractivity contribution is 5.04. The van der Waals surface area contributed by atoms with Gasteiger partial charge in [0.2, 0.25) is 0 Å². The minimum atomic E-state index is -0.632. The van der Waals surface area contributed by atoms with Gasteiger partial charge in [-0.05, 0) is 12.8 Å². The smallest absolute Gasteiger partial charge is 0.0740 e. The molecule has 1 aliphatic carbocycles. The Bertz CT molecular complexity index is 186. The maximum Gasteiger partial charge on any atom is 0.0740 e. The molecule has 0 radical (unpaired) electrons. The SMILES string of the molecule is OC[C@]12CCC[C@](CO)(COC1)C2O. The van der Waals surface area contributed by atoms with Crippen LogP contribution in [0.1, 0.15) is 19.3 Å². The van der Waals surface area contributed by atoms with Crippen molar-refractivity contribution in [1.29, 1.82) is 0 Å². The number of aliphatic hydroxyl groups excluding tert-OH is 3. The molecule has 0 aromatic rings. The molecule has 2 aliphatic rings. The Hall–Kier alpha value is -0.160. The first-order valence-electron chi connectivity index (χ1n) is 5.17. The number of ether oxygens (including phenoxy) is 1. The summed E-state index contributed by atoms with van der Waals surface area (Å²) in [5.41, 5.74) is -1.06. The summed E-state index contributed by atoms with van der Waals surface area (Å²) >= 11 is 0. The van der Waals surface area contributed by atoms with Crippen LogP contribution < -0.4 is 0 Å². The quantitative estimate of drug-likeness (QED) is 0.565. The van der Waals surface area contributed by atoms with E-state index in [-0.39, 0.29) is 13.2 Å². The monoisotopic (exact) mass is 202 g/mol. The molecule has 14 heavy (non-hydrogen) atoms. The van der Waals surface area contributed by atoms with Crippen LogP contribution in [0, 0.1) is 10.8 Å². The molecule has 4 heteroatoms. The summed E-state index contributed by atoms with van der Waals surface area (Å²) in [5, 5.41) is 28.9. The van der Waals surface area contributed by atoms with E-state index in [4.69, 9.17) is 4.74 Å². The van der Waals surface area contributed by atoms with Crippen LogP contribution in [0.3, 0.4) is 0 Å². The molecule has 0 spiro atoms. The maximum atomic E-state index is 10.2. The molecule has 1 heterocycles. The van der Waals surface area contributed by atoms with Crippen LogP contribution in [0.15, 0.2) is 0 Å². The number of rotatable bonds is 2. The lowest BCUT2D eigenvalue weighted by molar-refractivity contribution is -0.230. The first kappa shape index (κ1) is 10.4. The van der Waals surface area contributed by atoms with Gasteiger partial charge in [-0.15, -0.1) is 0 Å². The van der Waals surface area contributed by atoms with Gasteiger partial charge in [0.25, 0.3) is 0 Å². The second kappa shape index (κ2) is 3.45. The molecule has 2 fully saturated rings. The van der Waals surface area contributed by atoms with Crippen molar-refractivity contribution in [3.8, 4) is 0 Å². The third-order valence-corrected chi connectivity index (χ3v) is 3.92. The Morgan fingerprint density at radius 3 is 2.00 bits per heavy atom. The molecule has 82 valence electrons. The van der Waals surface area contributed by atoms with Gasteiger partial charge >= 0.3 is 0 Å². The number of hydrogen-bond donors (Lipinski definition) is 3. The fraction of sp³-hybridized carbons (Fsp3) is 1.00. The van der Waals surface area contributed by atoms with Gasteiger partial charge in [0.05, 0.1) is 32.5 Å². The standard InChI is InChI=1S/C10H18O4/c11-4-9-2-1-3-10(5-12,8(9)13)7-14-6-9/h8,11-13H,1-7H2/t8?,9-,10+. The van der Waals surface area contributed by atoms with E-state index in [1.807, 2.05) is 0 Å². The van der Waals surface area contributed by atoms with Gasteiger partial charge in [-0.2, -0.15) is 0 Å². The summed E-state index contributed by atoms with van der Waals surface area (Å²) < 4.78 is 5.42. The lowest BCUT2D eigenvalue weighted by atomic mass is 9.59. The van der Waals surface area contributed by atoms with E-state index in [0.717, 1.165) is 19.3 Å². The van der Waals surface area contributed by atoms with Crippen molar-refractivity contribution in [2.45, 2.75) is 25.4 Å². The zero-order chi connectivity index (χ0) is 10.2. The first-order valence-corrected chi connectivity index (χ1v) is 5.17. The molecule has 1 saturated heterocycles. The molecule has 3 atom stereocenters. The van der Waals surface area contributed by atoms with Crippen LogP contribution in [0.2, 0.25) is 0 Å². The lowest BCUT2D eigenvalue weighted by Gasteiger charge is -2.54. The van der Waals surface area contributed by atoms with Crippen LogP contribution in [0.5, 0.6) is 0 Å². The van der Waals surface area contributed by atoms with E-state index in [2.05, 4.69) is 0 Å². The molecule has 3 N–H and O–H groups in total. The Morgan fingerprint density at radius 1 is 1.07 bits per heavy atom. The Morgan fingerprint density at radius 2 is 1.57 bits per heavy atom. The maximum absolute atomic E-state index is 10.2. The molecule has 0 aromatic carbocycles. The third kappa shape index (κ3) is 1.21. The molecule has 1 saturated carbocycles. The van der Waals surface area contributed by atoms with Gasteiger partial charge in [0.1, 0.15) is 0 Å². The zero-order valence-electron chi connectivity index (χ0n) is 8.28. The fourth-order valence-electron chi connectivity index (χ4n) is 2.90. The summed E-state index contributed by atoms with van der Waals surface area (Å²) in [6.07, 6.45) is 1.88. The lowest BCUT2D eigenvalue weighted by Crippen LogP contribution is -2.62. The summed E-state index contributed by atoms with van der Waals surface area (Å²) in [6.45, 7) is 0.699. The van der Waals surface area contributed by atoms with Crippen molar-refractivity contribution in [2.24, 2.45) is 10.8 Å². The van der Waals surface area contributed by atoms with E-state index in [1.165, 1.54) is 0 Å². The molecular weight excluding hydrogens is 184 g/mol. The normalized spacial score (nSPS) is 47.8. The van der Waals surface area contributed by atoms with Gasteiger partial charge in [0.15, 0.2) is 0 Å². The highest BCUT2D eigenvalue weighted by Crippen LogP contribution is 2.49. The Balaban J connectivity index is 2.28. The van der Waals surface area contributed by atoms with Crippen LogP contribution in [-0.2, 0) is 4.74 Å². The summed E-state index contributed by atoms with van der Waals surface area (Å²) in [4.78, 5) is 0. The highest BCUT2D eigenvalue weighted by Gasteiger charge is 2.56. The summed E-state index contributed by atoms with van der Waals surface area (Å²) in [5.74, 6) is 0. The summed E-state index contributed by atoms with van der Waals surface area (Å²) in [7, 11) is 0. The second-order valence-corrected chi connectivity index (χ2v) is 4.79. The third-order valence-electron chi connectivity index (χ3n) is 3.92. The van der Waals surface area contributed by atoms with Gasteiger partial charge < -0.3 is 20.1 Å².